The van der Waals surface area contributed by atoms with E-state index in [0.29, 0.717) is 18.6 Å². The monoisotopic (exact) mass is 289 g/mol. The van der Waals surface area contributed by atoms with Crippen LogP contribution in [0, 0.1) is 0 Å². The molecule has 3 N–H and O–H groups in total. The summed E-state index contributed by atoms with van der Waals surface area (Å²) in [5.74, 6) is 0.0926. The Morgan fingerprint density at radius 1 is 0.947 bits per heavy atom. The number of unbranched alkanes of at least 4 members (excludes halogenated alkanes) is 6. The lowest BCUT2D eigenvalue weighted by molar-refractivity contribution is -0.137. The molecular formula is C14H27NO3S. The van der Waals surface area contributed by atoms with Crippen molar-refractivity contribution in [3.05, 3.63) is 0 Å². The van der Waals surface area contributed by atoms with E-state index in [2.05, 4.69) is 12.6 Å². The second kappa shape index (κ2) is 12.5. The number of ketones is 1. The number of aliphatic carboxylic acids is 1. The number of carbonyl (C=O) groups excluding carboxylic acids is 1. The fourth-order valence-corrected chi connectivity index (χ4v) is 2.22. The molecule has 0 saturated carbocycles. The van der Waals surface area contributed by atoms with Gasteiger partial charge >= 0.3 is 5.97 Å². The molecule has 1 unspecified atom stereocenters. The molecule has 0 aliphatic heterocycles. The predicted octanol–water partition coefficient (Wildman–Crippen LogP) is 2.80. The maximum absolute atomic E-state index is 11.6. The van der Waals surface area contributed by atoms with Gasteiger partial charge in [-0.05, 0) is 25.0 Å². The predicted molar refractivity (Wildman–Crippen MR) is 80.6 cm³/mol. The first-order chi connectivity index (χ1) is 9.07. The van der Waals surface area contributed by atoms with Gasteiger partial charge in [0.1, 0.15) is 5.78 Å². The van der Waals surface area contributed by atoms with Crippen molar-refractivity contribution in [2.24, 2.45) is 5.73 Å². The molecule has 0 spiro atoms. The zero-order valence-electron chi connectivity index (χ0n) is 11.6. The quantitative estimate of drug-likeness (QED) is 0.360. The van der Waals surface area contributed by atoms with Gasteiger partial charge in [-0.3, -0.25) is 9.59 Å². The lowest BCUT2D eigenvalue weighted by Gasteiger charge is -2.08. The minimum atomic E-state index is -0.712. The van der Waals surface area contributed by atoms with Crippen LogP contribution in [0.3, 0.4) is 0 Å². The Morgan fingerprint density at radius 3 is 1.89 bits per heavy atom. The molecule has 0 saturated heterocycles. The maximum Gasteiger partial charge on any atom is 0.303 e. The van der Waals surface area contributed by atoms with Crippen LogP contribution in [-0.2, 0) is 9.59 Å². The lowest BCUT2D eigenvalue weighted by Crippen LogP contribution is -2.30. The number of Topliss-reactive ketones (excluding diaryl/α,β-unsaturated/α-hetero) is 1. The van der Waals surface area contributed by atoms with E-state index in [1.165, 1.54) is 0 Å². The molecule has 0 radical (unpaired) electrons. The largest absolute Gasteiger partial charge is 0.481 e. The molecule has 0 aromatic heterocycles. The smallest absolute Gasteiger partial charge is 0.303 e. The van der Waals surface area contributed by atoms with E-state index in [-0.39, 0.29) is 18.2 Å². The fraction of sp³-hybridized carbons (Fsp3) is 0.857. The van der Waals surface area contributed by atoms with Gasteiger partial charge in [0, 0.05) is 12.8 Å². The highest BCUT2D eigenvalue weighted by Gasteiger charge is 2.11. The first kappa shape index (κ1) is 18.4. The van der Waals surface area contributed by atoms with Crippen molar-refractivity contribution in [3.63, 3.8) is 0 Å². The summed E-state index contributed by atoms with van der Waals surface area (Å²) in [5.41, 5.74) is 5.70. The number of carboxylic acid groups (broad SMARTS) is 1. The summed E-state index contributed by atoms with van der Waals surface area (Å²) in [5, 5.41) is 8.47. The molecule has 19 heavy (non-hydrogen) atoms. The van der Waals surface area contributed by atoms with E-state index < -0.39 is 5.97 Å². The van der Waals surface area contributed by atoms with E-state index in [1.807, 2.05) is 0 Å². The third kappa shape index (κ3) is 12.2. The molecule has 4 nitrogen and oxygen atoms in total. The van der Waals surface area contributed by atoms with Gasteiger partial charge < -0.3 is 10.8 Å². The van der Waals surface area contributed by atoms with Crippen LogP contribution in [0.5, 0.6) is 0 Å². The number of hydrogen-bond acceptors (Lipinski definition) is 4. The first-order valence-electron chi connectivity index (χ1n) is 7.19. The van der Waals surface area contributed by atoms with Gasteiger partial charge in [0.2, 0.25) is 0 Å². The summed E-state index contributed by atoms with van der Waals surface area (Å²) in [6.45, 7) is 0. The molecule has 0 heterocycles. The minimum Gasteiger partial charge on any atom is -0.481 e. The van der Waals surface area contributed by atoms with Crippen molar-refractivity contribution in [1.29, 1.82) is 0 Å². The van der Waals surface area contributed by atoms with Crippen LogP contribution in [-0.4, -0.2) is 28.7 Å². The highest BCUT2D eigenvalue weighted by molar-refractivity contribution is 7.80. The number of thiol groups is 1. The second-order valence-electron chi connectivity index (χ2n) is 4.95. The molecular weight excluding hydrogens is 262 g/mol. The average Bonchev–Trinajstić information content (AvgIpc) is 2.36. The Bertz CT molecular complexity index is 259. The van der Waals surface area contributed by atoms with Crippen molar-refractivity contribution in [2.75, 3.05) is 5.75 Å². The molecule has 0 amide bonds. The number of hydrogen-bond donors (Lipinski definition) is 3. The number of carboxylic acids is 1. The molecule has 0 aliphatic rings. The summed E-state index contributed by atoms with van der Waals surface area (Å²) in [7, 11) is 0. The molecule has 0 fully saturated rings. The Kier molecular flexibility index (Phi) is 12.1. The Balaban J connectivity index is 3.26. The van der Waals surface area contributed by atoms with Crippen LogP contribution in [0.15, 0.2) is 0 Å². The van der Waals surface area contributed by atoms with Gasteiger partial charge in [-0.2, -0.15) is 12.6 Å². The van der Waals surface area contributed by atoms with E-state index in [0.717, 1.165) is 44.9 Å². The molecule has 5 heteroatoms. The topological polar surface area (TPSA) is 80.4 Å². The fourth-order valence-electron chi connectivity index (χ4n) is 1.94. The van der Waals surface area contributed by atoms with E-state index >= 15 is 0 Å². The zero-order valence-corrected chi connectivity index (χ0v) is 12.5. The van der Waals surface area contributed by atoms with Crippen molar-refractivity contribution in [1.82, 2.24) is 0 Å². The van der Waals surface area contributed by atoms with Gasteiger partial charge in [0.05, 0.1) is 6.04 Å². The summed E-state index contributed by atoms with van der Waals surface area (Å²) in [4.78, 5) is 21.8. The number of nitrogens with two attached hydrogens (primary N) is 1. The van der Waals surface area contributed by atoms with Crippen molar-refractivity contribution in [2.45, 2.75) is 70.3 Å². The SMILES string of the molecule is NC(CCS)C(=O)CCCCCCCCCC(=O)O. The Morgan fingerprint density at radius 2 is 1.42 bits per heavy atom. The van der Waals surface area contributed by atoms with Gasteiger partial charge in [0.25, 0.3) is 0 Å². The molecule has 0 bridgehead atoms. The van der Waals surface area contributed by atoms with Crippen LogP contribution in [0.1, 0.15) is 64.2 Å². The van der Waals surface area contributed by atoms with Crippen molar-refractivity contribution in [3.8, 4) is 0 Å². The van der Waals surface area contributed by atoms with Crippen LogP contribution >= 0.6 is 12.6 Å². The molecule has 112 valence electrons. The summed E-state index contributed by atoms with van der Waals surface area (Å²) in [6.07, 6.45) is 8.55. The molecule has 0 aliphatic carbocycles. The van der Waals surface area contributed by atoms with Gasteiger partial charge in [-0.15, -0.1) is 0 Å². The lowest BCUT2D eigenvalue weighted by atomic mass is 10.0. The Hall–Kier alpha value is -0.550. The van der Waals surface area contributed by atoms with Crippen molar-refractivity contribution >= 4 is 24.4 Å². The molecule has 0 aromatic carbocycles. The highest BCUT2D eigenvalue weighted by atomic mass is 32.1. The van der Waals surface area contributed by atoms with Gasteiger partial charge in [-0.1, -0.05) is 32.1 Å². The van der Waals surface area contributed by atoms with Crippen LogP contribution in [0.2, 0.25) is 0 Å². The van der Waals surface area contributed by atoms with Crippen LogP contribution in [0.4, 0.5) is 0 Å². The maximum atomic E-state index is 11.6. The third-order valence-electron chi connectivity index (χ3n) is 3.17. The standard InChI is InChI=1S/C14H27NO3S/c15-12(10-11-19)13(16)8-6-4-2-1-3-5-7-9-14(17)18/h12,19H,1-11,15H2,(H,17,18). The highest BCUT2D eigenvalue weighted by Crippen LogP contribution is 2.10. The van der Waals surface area contributed by atoms with Crippen LogP contribution < -0.4 is 5.73 Å². The summed E-state index contributed by atoms with van der Waals surface area (Å²) in [6, 6.07) is -0.339. The first-order valence-corrected chi connectivity index (χ1v) is 7.82. The van der Waals surface area contributed by atoms with Gasteiger partial charge in [-0.25, -0.2) is 0 Å². The average molecular weight is 289 g/mol. The summed E-state index contributed by atoms with van der Waals surface area (Å²) < 4.78 is 0. The number of rotatable bonds is 13. The van der Waals surface area contributed by atoms with E-state index in [1.54, 1.807) is 0 Å². The summed E-state index contributed by atoms with van der Waals surface area (Å²) >= 11 is 4.06. The Labute approximate surface area is 121 Å². The zero-order chi connectivity index (χ0) is 14.5. The van der Waals surface area contributed by atoms with Crippen LogP contribution in [0.25, 0.3) is 0 Å². The molecule has 0 aromatic rings. The normalized spacial score (nSPS) is 12.3. The third-order valence-corrected chi connectivity index (χ3v) is 3.43. The van der Waals surface area contributed by atoms with Crippen molar-refractivity contribution < 1.29 is 14.7 Å². The minimum absolute atomic E-state index is 0.149. The molecule has 1 atom stereocenters. The van der Waals surface area contributed by atoms with Gasteiger partial charge in [0.15, 0.2) is 0 Å². The number of carbonyl (C=O) groups is 2. The molecule has 0 rings (SSSR count). The van der Waals surface area contributed by atoms with E-state index in [4.69, 9.17) is 10.8 Å². The second-order valence-corrected chi connectivity index (χ2v) is 5.40. The van der Waals surface area contributed by atoms with E-state index in [9.17, 15) is 9.59 Å².